The van der Waals surface area contributed by atoms with Crippen molar-refractivity contribution in [3.63, 3.8) is 0 Å². The average molecular weight is 449 g/mol. The van der Waals surface area contributed by atoms with Crippen molar-refractivity contribution in [2.24, 2.45) is 11.3 Å². The Morgan fingerprint density at radius 2 is 1.78 bits per heavy atom. The zero-order valence-electron chi connectivity index (χ0n) is 18.5. The van der Waals surface area contributed by atoms with Crippen LogP contribution < -0.4 is 15.0 Å². The van der Waals surface area contributed by atoms with E-state index in [4.69, 9.17) is 17.0 Å². The molecule has 2 fully saturated rings. The molecule has 0 radical (unpaired) electrons. The molecule has 6 heteroatoms. The van der Waals surface area contributed by atoms with Crippen LogP contribution >= 0.6 is 12.2 Å². The number of carbonyl (C=O) groups excluding carboxylic acids is 2. The standard InChI is InChI=1S/C26H28N2O3S/c1-26(2)16-6-7-18(17-26)10-15-22-23(29)27-25(32)28(24(22)30)19-11-13-21(14-12-19)31-20-8-4-3-5-9-20/h3-5,8-9,11-15,18H,6-7,10,16-17H2,1-2H3,(H,27,29,32)/b22-15-. The molecule has 0 aromatic heterocycles. The first-order valence-electron chi connectivity index (χ1n) is 11.1. The molecule has 166 valence electrons. The van der Waals surface area contributed by atoms with Gasteiger partial charge in [0.05, 0.1) is 5.69 Å². The van der Waals surface area contributed by atoms with Crippen molar-refractivity contribution < 1.29 is 14.3 Å². The Hall–Kier alpha value is -2.99. The van der Waals surface area contributed by atoms with Crippen molar-refractivity contribution in [3.8, 4) is 11.5 Å². The Kier molecular flexibility index (Phi) is 6.42. The number of hydrogen-bond donors (Lipinski definition) is 1. The van der Waals surface area contributed by atoms with E-state index < -0.39 is 5.91 Å². The van der Waals surface area contributed by atoms with Crippen molar-refractivity contribution in [2.75, 3.05) is 4.90 Å². The second kappa shape index (κ2) is 9.25. The Labute approximate surface area is 194 Å². The molecule has 1 heterocycles. The van der Waals surface area contributed by atoms with Gasteiger partial charge in [-0.2, -0.15) is 0 Å². The predicted octanol–water partition coefficient (Wildman–Crippen LogP) is 5.76. The van der Waals surface area contributed by atoms with Gasteiger partial charge in [0.15, 0.2) is 5.11 Å². The van der Waals surface area contributed by atoms with E-state index in [-0.39, 0.29) is 16.6 Å². The van der Waals surface area contributed by atoms with E-state index in [1.165, 1.54) is 17.7 Å². The van der Waals surface area contributed by atoms with Crippen molar-refractivity contribution >= 4 is 34.8 Å². The van der Waals surface area contributed by atoms with Crippen LogP contribution in [0, 0.1) is 11.3 Å². The Morgan fingerprint density at radius 3 is 2.47 bits per heavy atom. The normalized spacial score (nSPS) is 22.1. The molecule has 1 aliphatic heterocycles. The van der Waals surface area contributed by atoms with Crippen LogP contribution in [0.15, 0.2) is 66.2 Å². The molecule has 1 saturated carbocycles. The SMILES string of the molecule is CC1(C)CCCC(C/C=C2/C(=O)NC(=S)N(c3ccc(Oc4ccccc4)cc3)C2=O)C1. The number of benzene rings is 2. The highest BCUT2D eigenvalue weighted by Crippen LogP contribution is 2.40. The van der Waals surface area contributed by atoms with Crippen LogP contribution in [0.1, 0.15) is 46.0 Å². The van der Waals surface area contributed by atoms with Crippen LogP contribution in [0.25, 0.3) is 0 Å². The number of para-hydroxylation sites is 1. The van der Waals surface area contributed by atoms with Crippen molar-refractivity contribution in [1.82, 2.24) is 5.32 Å². The summed E-state index contributed by atoms with van der Waals surface area (Å²) in [7, 11) is 0. The Morgan fingerprint density at radius 1 is 1.09 bits per heavy atom. The minimum absolute atomic E-state index is 0.0904. The van der Waals surface area contributed by atoms with Crippen LogP contribution in [0.3, 0.4) is 0 Å². The summed E-state index contributed by atoms with van der Waals surface area (Å²) in [6, 6.07) is 16.6. The Balaban J connectivity index is 1.49. The molecule has 32 heavy (non-hydrogen) atoms. The van der Waals surface area contributed by atoms with Crippen molar-refractivity contribution in [1.29, 1.82) is 0 Å². The van der Waals surface area contributed by atoms with Crippen LogP contribution in [0.4, 0.5) is 5.69 Å². The summed E-state index contributed by atoms with van der Waals surface area (Å²) < 4.78 is 5.82. The molecular formula is C26H28N2O3S. The number of nitrogens with one attached hydrogen (secondary N) is 1. The third-order valence-electron chi connectivity index (χ3n) is 6.14. The highest BCUT2D eigenvalue weighted by molar-refractivity contribution is 7.80. The summed E-state index contributed by atoms with van der Waals surface area (Å²) in [5.74, 6) is 1.06. The van der Waals surface area contributed by atoms with E-state index in [1.807, 2.05) is 30.3 Å². The van der Waals surface area contributed by atoms with Gasteiger partial charge in [0.1, 0.15) is 17.1 Å². The first-order valence-corrected chi connectivity index (χ1v) is 11.5. The molecule has 0 bridgehead atoms. The fourth-order valence-electron chi connectivity index (χ4n) is 4.57. The largest absolute Gasteiger partial charge is 0.457 e. The van der Waals surface area contributed by atoms with E-state index in [1.54, 1.807) is 30.3 Å². The number of thiocarbonyl (C=S) groups is 1. The van der Waals surface area contributed by atoms with E-state index in [2.05, 4.69) is 19.2 Å². The molecule has 0 spiro atoms. The lowest BCUT2D eigenvalue weighted by Crippen LogP contribution is -2.54. The number of allylic oxidation sites excluding steroid dienone is 1. The number of carbonyl (C=O) groups is 2. The molecule has 2 aromatic carbocycles. The molecule has 2 amide bonds. The number of rotatable bonds is 5. The molecule has 1 N–H and O–H groups in total. The summed E-state index contributed by atoms with van der Waals surface area (Å²) in [4.78, 5) is 27.1. The molecule has 2 aliphatic rings. The number of anilines is 1. The lowest BCUT2D eigenvalue weighted by Gasteiger charge is -2.35. The molecule has 5 nitrogen and oxygen atoms in total. The van der Waals surface area contributed by atoms with Gasteiger partial charge in [0.2, 0.25) is 0 Å². The molecule has 2 aromatic rings. The van der Waals surface area contributed by atoms with Crippen LogP contribution in [-0.4, -0.2) is 16.9 Å². The van der Waals surface area contributed by atoms with E-state index in [9.17, 15) is 9.59 Å². The average Bonchev–Trinajstić information content (AvgIpc) is 2.74. The lowest BCUT2D eigenvalue weighted by molar-refractivity contribution is -0.122. The fourth-order valence-corrected chi connectivity index (χ4v) is 4.85. The second-order valence-corrected chi connectivity index (χ2v) is 9.68. The third kappa shape index (κ3) is 5.07. The maximum Gasteiger partial charge on any atom is 0.269 e. The predicted molar refractivity (Wildman–Crippen MR) is 130 cm³/mol. The summed E-state index contributed by atoms with van der Waals surface area (Å²) >= 11 is 5.31. The Bertz CT molecular complexity index is 1040. The van der Waals surface area contributed by atoms with Crippen molar-refractivity contribution in [2.45, 2.75) is 46.0 Å². The van der Waals surface area contributed by atoms with Gasteiger partial charge in [-0.3, -0.25) is 19.8 Å². The number of amides is 2. The van der Waals surface area contributed by atoms with E-state index in [0.29, 0.717) is 22.8 Å². The molecule has 1 saturated heterocycles. The monoisotopic (exact) mass is 448 g/mol. The lowest BCUT2D eigenvalue weighted by atomic mass is 9.71. The smallest absolute Gasteiger partial charge is 0.269 e. The summed E-state index contributed by atoms with van der Waals surface area (Å²) in [6.45, 7) is 4.58. The summed E-state index contributed by atoms with van der Waals surface area (Å²) in [6.07, 6.45) is 7.18. The van der Waals surface area contributed by atoms with E-state index >= 15 is 0 Å². The quantitative estimate of drug-likeness (QED) is 0.359. The zero-order chi connectivity index (χ0) is 22.7. The minimum Gasteiger partial charge on any atom is -0.457 e. The summed E-state index contributed by atoms with van der Waals surface area (Å²) in [5, 5.41) is 2.76. The molecular weight excluding hydrogens is 420 g/mol. The van der Waals surface area contributed by atoms with Gasteiger partial charge >= 0.3 is 0 Å². The van der Waals surface area contributed by atoms with Crippen LogP contribution in [-0.2, 0) is 9.59 Å². The number of ether oxygens (including phenoxy) is 1. The molecule has 1 unspecified atom stereocenters. The number of hydrogen-bond acceptors (Lipinski definition) is 4. The second-order valence-electron chi connectivity index (χ2n) is 9.29. The van der Waals surface area contributed by atoms with Gasteiger partial charge in [0, 0.05) is 0 Å². The zero-order valence-corrected chi connectivity index (χ0v) is 19.3. The van der Waals surface area contributed by atoms with Gasteiger partial charge in [-0.1, -0.05) is 51.0 Å². The molecule has 4 rings (SSSR count). The first-order chi connectivity index (χ1) is 15.3. The molecule has 1 atom stereocenters. The third-order valence-corrected chi connectivity index (χ3v) is 6.42. The van der Waals surface area contributed by atoms with Gasteiger partial charge in [-0.15, -0.1) is 0 Å². The minimum atomic E-state index is -0.421. The van der Waals surface area contributed by atoms with Gasteiger partial charge in [-0.05, 0) is 79.2 Å². The van der Waals surface area contributed by atoms with Crippen molar-refractivity contribution in [3.05, 3.63) is 66.2 Å². The maximum absolute atomic E-state index is 13.2. The highest BCUT2D eigenvalue weighted by atomic mass is 32.1. The van der Waals surface area contributed by atoms with Gasteiger partial charge in [0.25, 0.3) is 11.8 Å². The van der Waals surface area contributed by atoms with Crippen LogP contribution in [0.2, 0.25) is 0 Å². The topological polar surface area (TPSA) is 58.6 Å². The maximum atomic E-state index is 13.2. The summed E-state index contributed by atoms with van der Waals surface area (Å²) in [5.41, 5.74) is 1.06. The fraction of sp³-hybridized carbons (Fsp3) is 0.346. The van der Waals surface area contributed by atoms with E-state index in [0.717, 1.165) is 25.0 Å². The van der Waals surface area contributed by atoms with Gasteiger partial charge in [-0.25, -0.2) is 0 Å². The van der Waals surface area contributed by atoms with Crippen LogP contribution in [0.5, 0.6) is 11.5 Å². The van der Waals surface area contributed by atoms with Gasteiger partial charge < -0.3 is 4.74 Å². The highest BCUT2D eigenvalue weighted by Gasteiger charge is 2.35. The molecule has 1 aliphatic carbocycles. The number of nitrogens with zero attached hydrogens (tertiary/aromatic N) is 1. The first kappa shape index (κ1) is 22.2.